The number of hydrogen-bond acceptors (Lipinski definition) is 5. The van der Waals surface area contributed by atoms with Crippen molar-refractivity contribution in [3.8, 4) is 0 Å². The molecule has 0 aliphatic rings. The number of nitrogens with zero attached hydrogens (tertiary/aromatic N) is 2. The Morgan fingerprint density at radius 3 is 2.36 bits per heavy atom. The van der Waals surface area contributed by atoms with Crippen LogP contribution in [0.25, 0.3) is 0 Å². The van der Waals surface area contributed by atoms with Crippen LogP contribution >= 0.6 is 0 Å². The number of Topliss-reactive ketones (excluding diaryl/α,β-unsaturated/α-hetero) is 1. The van der Waals surface area contributed by atoms with Crippen LogP contribution in [0.2, 0.25) is 0 Å². The number of hydrogen-bond donors (Lipinski definition) is 0. The molecular formula is C18H23FN2O4. The first-order valence-electron chi connectivity index (χ1n) is 8.15. The van der Waals surface area contributed by atoms with E-state index in [4.69, 9.17) is 14.2 Å². The van der Waals surface area contributed by atoms with Crippen LogP contribution in [-0.4, -0.2) is 41.6 Å². The van der Waals surface area contributed by atoms with E-state index in [1.54, 1.807) is 13.8 Å². The van der Waals surface area contributed by atoms with Gasteiger partial charge in [0, 0.05) is 7.11 Å². The summed E-state index contributed by atoms with van der Waals surface area (Å²) in [5, 5.41) is 0. The zero-order valence-electron chi connectivity index (χ0n) is 14.9. The third-order valence-electron chi connectivity index (χ3n) is 3.88. The maximum Gasteiger partial charge on any atom is 0.353 e. The number of carbonyl (C=O) groups excluding carboxylic acids is 1. The predicted octanol–water partition coefficient (Wildman–Crippen LogP) is 3.19. The molecule has 2 rings (SSSR count). The average molecular weight is 350 g/mol. The van der Waals surface area contributed by atoms with Crippen LogP contribution in [0.15, 0.2) is 36.7 Å². The molecule has 0 spiro atoms. The standard InChI is InChI=1S/C18H23FN2O4/c1-5-24-18(23-4,25-6-2)16(22)15-17(19)20-12-21(15)13(3)14-10-8-7-9-11-14/h7-13H,5-6H2,1-4H3/t13-/m1/s1. The van der Waals surface area contributed by atoms with Gasteiger partial charge in [0.25, 0.3) is 5.78 Å². The van der Waals surface area contributed by atoms with Crippen LogP contribution < -0.4 is 0 Å². The van der Waals surface area contributed by atoms with Gasteiger partial charge in [0.2, 0.25) is 5.95 Å². The number of ether oxygens (including phenoxy) is 3. The van der Waals surface area contributed by atoms with Crippen molar-refractivity contribution in [1.82, 2.24) is 9.55 Å². The molecular weight excluding hydrogens is 327 g/mol. The average Bonchev–Trinajstić information content (AvgIpc) is 3.02. The molecule has 6 nitrogen and oxygen atoms in total. The van der Waals surface area contributed by atoms with Gasteiger partial charge in [0.15, 0.2) is 5.69 Å². The molecule has 0 aliphatic carbocycles. The van der Waals surface area contributed by atoms with E-state index in [2.05, 4.69) is 4.98 Å². The van der Waals surface area contributed by atoms with Gasteiger partial charge < -0.3 is 18.8 Å². The second-order valence-corrected chi connectivity index (χ2v) is 5.33. The van der Waals surface area contributed by atoms with Gasteiger partial charge in [-0.3, -0.25) is 4.79 Å². The van der Waals surface area contributed by atoms with E-state index in [0.29, 0.717) is 0 Å². The van der Waals surface area contributed by atoms with Gasteiger partial charge in [-0.2, -0.15) is 4.39 Å². The second-order valence-electron chi connectivity index (χ2n) is 5.33. The fourth-order valence-electron chi connectivity index (χ4n) is 2.64. The van der Waals surface area contributed by atoms with Gasteiger partial charge >= 0.3 is 5.97 Å². The molecule has 1 aromatic heterocycles. The molecule has 0 aliphatic heterocycles. The first kappa shape index (κ1) is 19.2. The highest BCUT2D eigenvalue weighted by molar-refractivity contribution is 5.99. The minimum Gasteiger partial charge on any atom is -0.324 e. The Morgan fingerprint density at radius 2 is 1.84 bits per heavy atom. The number of halogens is 1. The Labute approximate surface area is 146 Å². The first-order valence-corrected chi connectivity index (χ1v) is 8.15. The quantitative estimate of drug-likeness (QED) is 0.513. The molecule has 7 heteroatoms. The topological polar surface area (TPSA) is 62.6 Å². The summed E-state index contributed by atoms with van der Waals surface area (Å²) in [4.78, 5) is 16.7. The van der Waals surface area contributed by atoms with E-state index in [1.165, 1.54) is 18.0 Å². The molecule has 1 heterocycles. The molecule has 0 radical (unpaired) electrons. The van der Waals surface area contributed by atoms with Crippen LogP contribution in [0.4, 0.5) is 4.39 Å². The summed E-state index contributed by atoms with van der Waals surface area (Å²) in [5.74, 6) is -3.66. The Hall–Kier alpha value is -2.09. The van der Waals surface area contributed by atoms with Gasteiger partial charge in [0.1, 0.15) is 0 Å². The second kappa shape index (κ2) is 8.33. The number of benzene rings is 1. The summed E-state index contributed by atoms with van der Waals surface area (Å²) in [5.41, 5.74) is 0.657. The Kier molecular flexibility index (Phi) is 6.41. The summed E-state index contributed by atoms with van der Waals surface area (Å²) in [7, 11) is 1.28. The summed E-state index contributed by atoms with van der Waals surface area (Å²) >= 11 is 0. The van der Waals surface area contributed by atoms with Crippen molar-refractivity contribution in [1.29, 1.82) is 0 Å². The zero-order valence-corrected chi connectivity index (χ0v) is 14.9. The summed E-state index contributed by atoms with van der Waals surface area (Å²) in [6.45, 7) is 5.55. The Bertz CT molecular complexity index is 696. The predicted molar refractivity (Wildman–Crippen MR) is 89.8 cm³/mol. The summed E-state index contributed by atoms with van der Waals surface area (Å²) < 4.78 is 31.8. The van der Waals surface area contributed by atoms with Gasteiger partial charge in [-0.25, -0.2) is 4.98 Å². The number of carbonyl (C=O) groups is 1. The number of methoxy groups -OCH3 is 1. The summed E-state index contributed by atoms with van der Waals surface area (Å²) in [6, 6.07) is 9.12. The van der Waals surface area contributed by atoms with E-state index in [9.17, 15) is 9.18 Å². The molecule has 1 aromatic carbocycles. The molecule has 0 unspecified atom stereocenters. The van der Waals surface area contributed by atoms with Gasteiger partial charge in [-0.1, -0.05) is 30.3 Å². The molecule has 1 atom stereocenters. The number of ketones is 1. The van der Waals surface area contributed by atoms with Crippen molar-refractivity contribution >= 4 is 5.78 Å². The van der Waals surface area contributed by atoms with Crippen molar-refractivity contribution in [3.63, 3.8) is 0 Å². The number of rotatable bonds is 9. The highest BCUT2D eigenvalue weighted by atomic mass is 19.1. The molecule has 2 aromatic rings. The van der Waals surface area contributed by atoms with E-state index >= 15 is 0 Å². The third kappa shape index (κ3) is 3.78. The van der Waals surface area contributed by atoms with Crippen molar-refractivity contribution in [2.24, 2.45) is 0 Å². The third-order valence-corrected chi connectivity index (χ3v) is 3.88. The number of imidazole rings is 1. The Balaban J connectivity index is 2.48. The Morgan fingerprint density at radius 1 is 1.24 bits per heavy atom. The van der Waals surface area contributed by atoms with Crippen molar-refractivity contribution in [2.75, 3.05) is 20.3 Å². The zero-order chi connectivity index (χ0) is 18.4. The molecule has 0 N–H and O–H groups in total. The van der Waals surface area contributed by atoms with Crippen LogP contribution in [0.3, 0.4) is 0 Å². The van der Waals surface area contributed by atoms with E-state index in [-0.39, 0.29) is 24.9 Å². The fourth-order valence-corrected chi connectivity index (χ4v) is 2.64. The normalized spacial score (nSPS) is 13.0. The lowest BCUT2D eigenvalue weighted by Crippen LogP contribution is -2.47. The van der Waals surface area contributed by atoms with Crippen LogP contribution in [0.5, 0.6) is 0 Å². The van der Waals surface area contributed by atoms with E-state index < -0.39 is 17.7 Å². The molecule has 136 valence electrons. The molecule has 25 heavy (non-hydrogen) atoms. The maximum absolute atomic E-state index is 14.4. The van der Waals surface area contributed by atoms with Crippen molar-refractivity contribution in [3.05, 3.63) is 53.9 Å². The molecule has 0 amide bonds. The fraction of sp³-hybridized carbons (Fsp3) is 0.444. The smallest absolute Gasteiger partial charge is 0.324 e. The summed E-state index contributed by atoms with van der Waals surface area (Å²) in [6.07, 6.45) is 1.29. The van der Waals surface area contributed by atoms with Crippen LogP contribution in [0, 0.1) is 5.95 Å². The first-order chi connectivity index (χ1) is 12.0. The monoisotopic (exact) mass is 350 g/mol. The van der Waals surface area contributed by atoms with E-state index in [0.717, 1.165) is 5.56 Å². The van der Waals surface area contributed by atoms with E-state index in [1.807, 2.05) is 37.3 Å². The molecule has 0 saturated carbocycles. The van der Waals surface area contributed by atoms with Crippen LogP contribution in [-0.2, 0) is 14.2 Å². The highest BCUT2D eigenvalue weighted by Crippen LogP contribution is 2.27. The largest absolute Gasteiger partial charge is 0.353 e. The number of aromatic nitrogens is 2. The van der Waals surface area contributed by atoms with Crippen molar-refractivity contribution in [2.45, 2.75) is 32.8 Å². The highest BCUT2D eigenvalue weighted by Gasteiger charge is 2.45. The molecule has 0 saturated heterocycles. The lowest BCUT2D eigenvalue weighted by atomic mass is 10.1. The lowest BCUT2D eigenvalue weighted by molar-refractivity contribution is -0.330. The maximum atomic E-state index is 14.4. The van der Waals surface area contributed by atoms with Gasteiger partial charge in [-0.05, 0) is 26.3 Å². The van der Waals surface area contributed by atoms with Crippen molar-refractivity contribution < 1.29 is 23.4 Å². The SMILES string of the molecule is CCOC(OC)(OCC)C(=O)c1c(F)ncn1[C@H](C)c1ccccc1. The molecule has 0 fully saturated rings. The minimum absolute atomic E-state index is 0.156. The minimum atomic E-state index is -2.00. The molecule has 0 bridgehead atoms. The van der Waals surface area contributed by atoms with Gasteiger partial charge in [0.05, 0.1) is 25.6 Å². The van der Waals surface area contributed by atoms with Crippen LogP contribution in [0.1, 0.15) is 42.9 Å². The van der Waals surface area contributed by atoms with Gasteiger partial charge in [-0.15, -0.1) is 0 Å². The lowest BCUT2D eigenvalue weighted by Gasteiger charge is -2.30.